The van der Waals surface area contributed by atoms with E-state index in [1.165, 1.54) is 64.1 Å². The SMILES string of the molecule is c1ccc2c(c1)Sc1ccccc1N2c1cc2c(o1)C1(c3ccccc3-c3ccccc31)c1cc(N3c4ccccc4Sc4ccccc43)oc1C21c2ccccc2-c2ccccc21. The molecule has 6 heteroatoms. The van der Waals surface area contributed by atoms with E-state index in [4.69, 9.17) is 8.83 Å². The summed E-state index contributed by atoms with van der Waals surface area (Å²) in [4.78, 5) is 9.42. The standard InChI is InChI=1S/C58H34N2O2S2/c1-5-21-39-35(17-1)36-18-2-6-22-40(36)57(39)43-33-53(59-45-25-9-13-29-49(45)63-50-30-14-10-26-46(50)59)62-56(43)58(41-23-7-3-19-37(41)38-20-4-8-24-42(38)58)44-34-54(61-55(44)57)60-47-27-11-15-31-51(47)64-52-32-16-12-28-48(52)60/h1-34H. The van der Waals surface area contributed by atoms with Crippen LogP contribution in [0.5, 0.6) is 0 Å². The van der Waals surface area contributed by atoms with Gasteiger partial charge in [0, 0.05) is 42.8 Å². The Morgan fingerprint density at radius 2 is 0.562 bits per heavy atom. The molecule has 0 amide bonds. The van der Waals surface area contributed by atoms with Crippen LogP contribution in [0, 0.1) is 0 Å². The number of hydrogen-bond acceptors (Lipinski definition) is 6. The van der Waals surface area contributed by atoms with Gasteiger partial charge in [-0.2, -0.15) is 0 Å². The summed E-state index contributed by atoms with van der Waals surface area (Å²) in [6, 6.07) is 75.2. The van der Waals surface area contributed by atoms with Gasteiger partial charge in [0.15, 0.2) is 0 Å². The molecule has 3 aliphatic carbocycles. The molecule has 0 fully saturated rings. The van der Waals surface area contributed by atoms with Crippen LogP contribution >= 0.6 is 23.5 Å². The van der Waals surface area contributed by atoms with Crippen LogP contribution in [0.3, 0.4) is 0 Å². The van der Waals surface area contributed by atoms with Crippen LogP contribution in [0.1, 0.15) is 44.9 Å². The molecule has 2 aromatic heterocycles. The van der Waals surface area contributed by atoms with Crippen molar-refractivity contribution in [3.63, 3.8) is 0 Å². The molecule has 5 aliphatic rings. The molecule has 8 aromatic carbocycles. The third-order valence-corrected chi connectivity index (χ3v) is 16.4. The molecule has 64 heavy (non-hydrogen) atoms. The van der Waals surface area contributed by atoms with Gasteiger partial charge in [-0.15, -0.1) is 0 Å². The fourth-order valence-corrected chi connectivity index (χ4v) is 13.9. The van der Waals surface area contributed by atoms with E-state index in [1.54, 1.807) is 0 Å². The zero-order valence-electron chi connectivity index (χ0n) is 34.2. The Labute approximate surface area is 378 Å². The van der Waals surface area contributed by atoms with Gasteiger partial charge in [-0.1, -0.05) is 169 Å². The van der Waals surface area contributed by atoms with Crippen molar-refractivity contribution < 1.29 is 8.83 Å². The van der Waals surface area contributed by atoms with Crippen LogP contribution in [0.2, 0.25) is 0 Å². The van der Waals surface area contributed by atoms with Gasteiger partial charge in [0.1, 0.15) is 22.4 Å². The van der Waals surface area contributed by atoms with Crippen molar-refractivity contribution in [1.29, 1.82) is 0 Å². The second-order valence-electron chi connectivity index (χ2n) is 17.1. The molecule has 4 heterocycles. The minimum Gasteiger partial charge on any atom is -0.443 e. The monoisotopic (exact) mass is 854 g/mol. The van der Waals surface area contributed by atoms with Gasteiger partial charge in [-0.3, -0.25) is 9.80 Å². The van der Waals surface area contributed by atoms with Crippen LogP contribution in [-0.4, -0.2) is 0 Å². The minimum atomic E-state index is -0.872. The summed E-state index contributed by atoms with van der Waals surface area (Å²) in [5, 5.41) is 0. The number of rotatable bonds is 2. The number of benzene rings is 8. The lowest BCUT2D eigenvalue weighted by molar-refractivity contribution is 0.404. The Morgan fingerprint density at radius 3 is 0.875 bits per heavy atom. The maximum atomic E-state index is 7.91. The second kappa shape index (κ2) is 12.6. The molecule has 10 aromatic rings. The highest BCUT2D eigenvalue weighted by Crippen LogP contribution is 2.70. The topological polar surface area (TPSA) is 32.8 Å². The number of fused-ring (bicyclic) bond motifs is 20. The number of anilines is 6. The molecule has 0 N–H and O–H groups in total. The fourth-order valence-electron chi connectivity index (χ4n) is 11.8. The normalized spacial score (nSPS) is 15.6. The van der Waals surface area contributed by atoms with Crippen LogP contribution in [0.4, 0.5) is 34.5 Å². The van der Waals surface area contributed by atoms with Gasteiger partial charge in [-0.25, -0.2) is 0 Å². The molecule has 2 spiro atoms. The molecule has 2 aliphatic heterocycles. The third-order valence-electron chi connectivity index (χ3n) is 14.1. The van der Waals surface area contributed by atoms with Crippen LogP contribution in [0.15, 0.2) is 235 Å². The summed E-state index contributed by atoms with van der Waals surface area (Å²) >= 11 is 3.62. The first-order chi connectivity index (χ1) is 31.7. The average molecular weight is 855 g/mol. The van der Waals surface area contributed by atoms with Crippen molar-refractivity contribution in [2.75, 3.05) is 9.80 Å². The van der Waals surface area contributed by atoms with E-state index in [0.29, 0.717) is 0 Å². The molecule has 0 saturated heterocycles. The zero-order valence-corrected chi connectivity index (χ0v) is 35.8. The summed E-state index contributed by atoms with van der Waals surface area (Å²) in [5.74, 6) is 3.37. The van der Waals surface area contributed by atoms with Crippen molar-refractivity contribution in [2.24, 2.45) is 0 Å². The lowest BCUT2D eigenvalue weighted by Crippen LogP contribution is -2.42. The highest BCUT2D eigenvalue weighted by molar-refractivity contribution is 8.00. The van der Waals surface area contributed by atoms with Gasteiger partial charge in [-0.05, 0) is 93.0 Å². The van der Waals surface area contributed by atoms with Gasteiger partial charge in [0.25, 0.3) is 0 Å². The fraction of sp³-hybridized carbons (Fsp3) is 0.0345. The molecule has 0 atom stereocenters. The molecular formula is C58H34N2O2S2. The maximum Gasteiger partial charge on any atom is 0.205 e. The predicted molar refractivity (Wildman–Crippen MR) is 257 cm³/mol. The van der Waals surface area contributed by atoms with Crippen LogP contribution < -0.4 is 9.80 Å². The first kappa shape index (κ1) is 35.1. The lowest BCUT2D eigenvalue weighted by atomic mass is 9.57. The Bertz CT molecular complexity index is 3170. The molecule has 15 rings (SSSR count). The molecule has 300 valence electrons. The lowest BCUT2D eigenvalue weighted by Gasteiger charge is -2.42. The van der Waals surface area contributed by atoms with E-state index in [-0.39, 0.29) is 0 Å². The highest BCUT2D eigenvalue weighted by atomic mass is 32.2. The molecule has 0 radical (unpaired) electrons. The number of hydrogen-bond donors (Lipinski definition) is 0. The minimum absolute atomic E-state index is 0.772. The summed E-state index contributed by atoms with van der Waals surface area (Å²) in [6.45, 7) is 0. The van der Waals surface area contributed by atoms with Crippen LogP contribution in [0.25, 0.3) is 22.3 Å². The summed E-state index contributed by atoms with van der Waals surface area (Å²) in [6.07, 6.45) is 0. The Hall–Kier alpha value is -7.38. The van der Waals surface area contributed by atoms with Crippen LogP contribution in [-0.2, 0) is 10.8 Å². The van der Waals surface area contributed by atoms with Crippen molar-refractivity contribution >= 4 is 58.0 Å². The Balaban J connectivity index is 1.12. The van der Waals surface area contributed by atoms with Gasteiger partial charge >= 0.3 is 0 Å². The Kier molecular flexibility index (Phi) is 6.93. The molecule has 0 unspecified atom stereocenters. The van der Waals surface area contributed by atoms with E-state index in [0.717, 1.165) is 57.2 Å². The first-order valence-electron chi connectivity index (χ1n) is 21.7. The van der Waals surface area contributed by atoms with E-state index >= 15 is 0 Å². The van der Waals surface area contributed by atoms with E-state index in [9.17, 15) is 0 Å². The van der Waals surface area contributed by atoms with Crippen molar-refractivity contribution in [1.82, 2.24) is 0 Å². The van der Waals surface area contributed by atoms with E-state index in [1.807, 2.05) is 23.5 Å². The largest absolute Gasteiger partial charge is 0.443 e. The average Bonchev–Trinajstić information content (AvgIpc) is 4.13. The quantitative estimate of drug-likeness (QED) is 0.172. The van der Waals surface area contributed by atoms with E-state index in [2.05, 4.69) is 216 Å². The summed E-state index contributed by atoms with van der Waals surface area (Å²) in [7, 11) is 0. The van der Waals surface area contributed by atoms with Gasteiger partial charge < -0.3 is 8.83 Å². The second-order valence-corrected chi connectivity index (χ2v) is 19.3. The Morgan fingerprint density at radius 1 is 0.297 bits per heavy atom. The molecule has 0 bridgehead atoms. The van der Waals surface area contributed by atoms with Gasteiger partial charge in [0.2, 0.25) is 11.8 Å². The molecule has 0 saturated carbocycles. The van der Waals surface area contributed by atoms with Crippen molar-refractivity contribution in [2.45, 2.75) is 30.4 Å². The highest BCUT2D eigenvalue weighted by Gasteiger charge is 2.64. The summed E-state index contributed by atoms with van der Waals surface area (Å²) in [5.41, 5.74) is 14.4. The van der Waals surface area contributed by atoms with Crippen molar-refractivity contribution in [3.05, 3.63) is 251 Å². The zero-order chi connectivity index (χ0) is 41.7. The molecular weight excluding hydrogens is 821 g/mol. The van der Waals surface area contributed by atoms with Crippen molar-refractivity contribution in [3.8, 4) is 22.3 Å². The number of para-hydroxylation sites is 4. The maximum absolute atomic E-state index is 7.91. The smallest absolute Gasteiger partial charge is 0.205 e. The predicted octanol–water partition coefficient (Wildman–Crippen LogP) is 15.8. The molecule has 4 nitrogen and oxygen atoms in total. The number of nitrogens with zero attached hydrogens (tertiary/aromatic N) is 2. The number of furan rings is 2. The third kappa shape index (κ3) is 4.23. The van der Waals surface area contributed by atoms with Gasteiger partial charge in [0.05, 0.1) is 22.7 Å². The van der Waals surface area contributed by atoms with E-state index < -0.39 is 10.8 Å². The first-order valence-corrected chi connectivity index (χ1v) is 23.4. The summed E-state index contributed by atoms with van der Waals surface area (Å²) < 4.78 is 15.8.